The van der Waals surface area contributed by atoms with Gasteiger partial charge in [-0.2, -0.15) is 0 Å². The lowest BCUT2D eigenvalue weighted by Gasteiger charge is -2.16. The molecule has 2 amide bonds. The van der Waals surface area contributed by atoms with Gasteiger partial charge in [-0.3, -0.25) is 4.79 Å². The predicted molar refractivity (Wildman–Crippen MR) is 129 cm³/mol. The summed E-state index contributed by atoms with van der Waals surface area (Å²) in [6.45, 7) is 0.174. The van der Waals surface area contributed by atoms with Gasteiger partial charge >= 0.3 is 12.1 Å². The Labute approximate surface area is 202 Å². The Hall–Kier alpha value is -4.33. The monoisotopic (exact) mass is 474 g/mol. The van der Waals surface area contributed by atoms with Gasteiger partial charge in [0, 0.05) is 25.3 Å². The Bertz CT molecular complexity index is 1180. The number of nitrogens with one attached hydrogen (secondary N) is 2. The topological polar surface area (TPSA) is 125 Å². The van der Waals surface area contributed by atoms with E-state index < -0.39 is 24.0 Å². The molecule has 0 saturated carbocycles. The fraction of sp³-hybridized carbons (Fsp3) is 0.222. The van der Waals surface area contributed by atoms with Gasteiger partial charge in [-0.1, -0.05) is 60.7 Å². The van der Waals surface area contributed by atoms with E-state index in [-0.39, 0.29) is 37.7 Å². The van der Waals surface area contributed by atoms with Crippen molar-refractivity contribution in [2.45, 2.75) is 24.8 Å². The molecule has 0 fully saturated rings. The molecule has 8 heteroatoms. The molecule has 0 aromatic heterocycles. The Morgan fingerprint density at radius 1 is 0.886 bits per heavy atom. The molecule has 0 aliphatic heterocycles. The van der Waals surface area contributed by atoms with Crippen LogP contribution in [0.3, 0.4) is 0 Å². The SMILES string of the molecule is O=C(CCNC(=O)OCC1c2ccccc2-c2ccccc21)NC(Cc1ccc(O)cc1)C(=O)O. The second-order valence-electron chi connectivity index (χ2n) is 8.33. The predicted octanol–water partition coefficient (Wildman–Crippen LogP) is 3.43. The van der Waals surface area contributed by atoms with Crippen molar-refractivity contribution < 1.29 is 29.3 Å². The van der Waals surface area contributed by atoms with Crippen molar-refractivity contribution in [1.29, 1.82) is 0 Å². The van der Waals surface area contributed by atoms with Crippen LogP contribution in [0.5, 0.6) is 5.75 Å². The smallest absolute Gasteiger partial charge is 0.407 e. The van der Waals surface area contributed by atoms with E-state index in [1.807, 2.05) is 36.4 Å². The maximum absolute atomic E-state index is 12.2. The first-order valence-corrected chi connectivity index (χ1v) is 11.3. The van der Waals surface area contributed by atoms with Gasteiger partial charge in [0.05, 0.1) is 0 Å². The molecule has 0 bridgehead atoms. The summed E-state index contributed by atoms with van der Waals surface area (Å²) in [5, 5.41) is 23.8. The maximum atomic E-state index is 12.2. The highest BCUT2D eigenvalue weighted by molar-refractivity contribution is 5.84. The number of ether oxygens (including phenoxy) is 1. The molecular formula is C27H26N2O6. The molecule has 4 N–H and O–H groups in total. The van der Waals surface area contributed by atoms with E-state index in [1.165, 1.54) is 12.1 Å². The number of phenolic OH excluding ortho intramolecular Hbond substituents is 1. The molecule has 3 aromatic carbocycles. The molecule has 4 rings (SSSR count). The number of carbonyl (C=O) groups is 3. The number of hydrogen-bond donors (Lipinski definition) is 4. The third kappa shape index (κ3) is 5.78. The number of alkyl carbamates (subject to hydrolysis) is 1. The number of fused-ring (bicyclic) bond motifs is 3. The lowest BCUT2D eigenvalue weighted by atomic mass is 9.98. The number of amides is 2. The lowest BCUT2D eigenvalue weighted by Crippen LogP contribution is -2.43. The quantitative estimate of drug-likeness (QED) is 0.377. The van der Waals surface area contributed by atoms with Gasteiger partial charge in [0.15, 0.2) is 0 Å². The van der Waals surface area contributed by atoms with Gasteiger partial charge < -0.3 is 25.6 Å². The van der Waals surface area contributed by atoms with Crippen LogP contribution < -0.4 is 10.6 Å². The number of phenols is 1. The lowest BCUT2D eigenvalue weighted by molar-refractivity contribution is -0.141. The molecule has 0 saturated heterocycles. The second kappa shape index (κ2) is 10.7. The number of benzene rings is 3. The summed E-state index contributed by atoms with van der Waals surface area (Å²) in [6, 6.07) is 21.0. The van der Waals surface area contributed by atoms with Crippen LogP contribution in [0.2, 0.25) is 0 Å². The standard InChI is InChI=1S/C27H26N2O6/c30-18-11-9-17(10-12-18)15-24(26(32)33)29-25(31)13-14-28-27(34)35-16-23-21-7-3-1-5-19(21)20-6-2-4-8-22(20)23/h1-12,23-24,30H,13-16H2,(H,28,34)(H,29,31)(H,32,33). The van der Waals surface area contributed by atoms with Crippen LogP contribution in [0.25, 0.3) is 11.1 Å². The summed E-state index contributed by atoms with van der Waals surface area (Å²) in [6.07, 6.45) is -0.663. The summed E-state index contributed by atoms with van der Waals surface area (Å²) >= 11 is 0. The van der Waals surface area contributed by atoms with Crippen molar-refractivity contribution in [1.82, 2.24) is 10.6 Å². The summed E-state index contributed by atoms with van der Waals surface area (Å²) in [4.78, 5) is 36.0. The largest absolute Gasteiger partial charge is 0.508 e. The Morgan fingerprint density at radius 3 is 2.09 bits per heavy atom. The Balaban J connectivity index is 1.24. The van der Waals surface area contributed by atoms with Crippen LogP contribution in [0.1, 0.15) is 29.0 Å². The van der Waals surface area contributed by atoms with Crippen molar-refractivity contribution in [3.8, 4) is 16.9 Å². The van der Waals surface area contributed by atoms with Crippen LogP contribution in [-0.4, -0.2) is 47.4 Å². The Kier molecular flexibility index (Phi) is 7.30. The van der Waals surface area contributed by atoms with Crippen LogP contribution in [0.4, 0.5) is 4.79 Å². The first-order valence-electron chi connectivity index (χ1n) is 11.3. The molecule has 0 heterocycles. The van der Waals surface area contributed by atoms with Gasteiger partial charge in [-0.05, 0) is 39.9 Å². The molecule has 1 aliphatic carbocycles. The number of hydrogen-bond acceptors (Lipinski definition) is 5. The normalized spacial score (nSPS) is 12.8. The number of aliphatic carboxylic acids is 1. The summed E-state index contributed by atoms with van der Waals surface area (Å²) in [7, 11) is 0. The van der Waals surface area contributed by atoms with Crippen LogP contribution in [0, 0.1) is 0 Å². The minimum atomic E-state index is -1.17. The first-order chi connectivity index (χ1) is 16.9. The maximum Gasteiger partial charge on any atom is 0.407 e. The fourth-order valence-electron chi connectivity index (χ4n) is 4.26. The van der Waals surface area contributed by atoms with Crippen molar-refractivity contribution in [2.75, 3.05) is 13.2 Å². The number of carboxylic acid groups (broad SMARTS) is 1. The molecule has 1 aliphatic rings. The minimum absolute atomic E-state index is 0.00799. The summed E-state index contributed by atoms with van der Waals surface area (Å²) in [5.74, 6) is -1.66. The van der Waals surface area contributed by atoms with Crippen molar-refractivity contribution >= 4 is 18.0 Å². The van der Waals surface area contributed by atoms with E-state index in [9.17, 15) is 24.6 Å². The molecule has 3 aromatic rings. The van der Waals surface area contributed by atoms with Gasteiger partial charge in [0.2, 0.25) is 5.91 Å². The van der Waals surface area contributed by atoms with E-state index in [1.54, 1.807) is 12.1 Å². The van der Waals surface area contributed by atoms with Crippen molar-refractivity contribution in [3.05, 3.63) is 89.5 Å². The van der Waals surface area contributed by atoms with E-state index >= 15 is 0 Å². The van der Waals surface area contributed by atoms with Gasteiger partial charge in [0.1, 0.15) is 18.4 Å². The average molecular weight is 475 g/mol. The molecular weight excluding hydrogens is 448 g/mol. The number of carboxylic acids is 1. The van der Waals surface area contributed by atoms with Crippen molar-refractivity contribution in [2.24, 2.45) is 0 Å². The molecule has 180 valence electrons. The second-order valence-corrected chi connectivity index (χ2v) is 8.33. The van der Waals surface area contributed by atoms with E-state index in [0.717, 1.165) is 22.3 Å². The molecule has 1 atom stereocenters. The first kappa shape index (κ1) is 23.8. The molecule has 8 nitrogen and oxygen atoms in total. The number of rotatable bonds is 9. The molecule has 35 heavy (non-hydrogen) atoms. The van der Waals surface area contributed by atoms with Crippen LogP contribution in [0.15, 0.2) is 72.8 Å². The van der Waals surface area contributed by atoms with E-state index in [2.05, 4.69) is 22.8 Å². The van der Waals surface area contributed by atoms with Gasteiger partial charge in [-0.15, -0.1) is 0 Å². The molecule has 1 unspecified atom stereocenters. The fourth-order valence-corrected chi connectivity index (χ4v) is 4.26. The Morgan fingerprint density at radius 2 is 1.49 bits per heavy atom. The molecule has 0 spiro atoms. The van der Waals surface area contributed by atoms with Crippen LogP contribution >= 0.6 is 0 Å². The van der Waals surface area contributed by atoms with Crippen LogP contribution in [-0.2, 0) is 20.7 Å². The van der Waals surface area contributed by atoms with Gasteiger partial charge in [-0.25, -0.2) is 9.59 Å². The third-order valence-electron chi connectivity index (χ3n) is 5.97. The zero-order valence-electron chi connectivity index (χ0n) is 18.9. The van der Waals surface area contributed by atoms with E-state index in [4.69, 9.17) is 4.74 Å². The van der Waals surface area contributed by atoms with Crippen molar-refractivity contribution in [3.63, 3.8) is 0 Å². The highest BCUT2D eigenvalue weighted by Gasteiger charge is 2.29. The zero-order chi connectivity index (χ0) is 24.8. The number of carbonyl (C=O) groups excluding carboxylic acids is 2. The minimum Gasteiger partial charge on any atom is -0.508 e. The highest BCUT2D eigenvalue weighted by Crippen LogP contribution is 2.44. The van der Waals surface area contributed by atoms with Gasteiger partial charge in [0.25, 0.3) is 0 Å². The highest BCUT2D eigenvalue weighted by atomic mass is 16.5. The molecule has 0 radical (unpaired) electrons. The third-order valence-corrected chi connectivity index (χ3v) is 5.97. The average Bonchev–Trinajstić information content (AvgIpc) is 3.17. The summed E-state index contributed by atoms with van der Waals surface area (Å²) in [5.41, 5.74) is 5.14. The zero-order valence-corrected chi connectivity index (χ0v) is 18.9. The van der Waals surface area contributed by atoms with E-state index in [0.29, 0.717) is 5.56 Å². The summed E-state index contributed by atoms with van der Waals surface area (Å²) < 4.78 is 5.43. The number of aromatic hydroxyl groups is 1.